The van der Waals surface area contributed by atoms with E-state index < -0.39 is 63.2 Å². The third-order valence-corrected chi connectivity index (χ3v) is 8.23. The predicted octanol–water partition coefficient (Wildman–Crippen LogP) is 0.360. The first-order valence-corrected chi connectivity index (χ1v) is 13.8. The minimum atomic E-state index is -3.91. The van der Waals surface area contributed by atoms with E-state index in [9.17, 15) is 38.2 Å². The van der Waals surface area contributed by atoms with Gasteiger partial charge in [-0.25, -0.2) is 8.42 Å². The zero-order valence-corrected chi connectivity index (χ0v) is 23.4. The third-order valence-electron chi connectivity index (χ3n) is 6.32. The Morgan fingerprint density at radius 3 is 2.54 bits per heavy atom. The number of carbonyl (C=O) groups excluding carboxylic acids is 1. The molecule has 226 valence electrons. The molecule has 2 atom stereocenters. The molecule has 2 aromatic rings. The SMILES string of the molecule is Cc1cn(COC(=O)C(C)(C)COCC(CO[N+](=O)[O-])O[N+](=O)[O-])c(=O)c2cccc(S(=O)(=O)N3CC[C@H](N)C3)c12. The van der Waals surface area contributed by atoms with Gasteiger partial charge in [0.1, 0.15) is 6.61 Å². The molecule has 0 spiro atoms. The van der Waals surface area contributed by atoms with Gasteiger partial charge in [0.25, 0.3) is 15.7 Å². The minimum Gasteiger partial charge on any atom is -0.443 e. The highest BCUT2D eigenvalue weighted by Crippen LogP contribution is 2.29. The molecule has 41 heavy (non-hydrogen) atoms. The van der Waals surface area contributed by atoms with E-state index in [4.69, 9.17) is 15.2 Å². The molecule has 2 N–H and O–H groups in total. The highest BCUT2D eigenvalue weighted by Gasteiger charge is 2.33. The number of pyridine rings is 1. The van der Waals surface area contributed by atoms with Crippen molar-refractivity contribution in [2.24, 2.45) is 11.1 Å². The van der Waals surface area contributed by atoms with Crippen molar-refractivity contribution in [3.63, 3.8) is 0 Å². The normalized spacial score (nSPS) is 16.8. The molecule has 0 radical (unpaired) electrons. The van der Waals surface area contributed by atoms with Crippen LogP contribution in [0.5, 0.6) is 0 Å². The topological polar surface area (TPSA) is 226 Å². The number of fused-ring (bicyclic) bond motifs is 1. The predicted molar refractivity (Wildman–Crippen MR) is 140 cm³/mol. The van der Waals surface area contributed by atoms with Crippen LogP contribution in [0.2, 0.25) is 0 Å². The summed E-state index contributed by atoms with van der Waals surface area (Å²) in [7, 11) is -3.91. The monoisotopic (exact) mass is 601 g/mol. The Morgan fingerprint density at radius 1 is 1.22 bits per heavy atom. The van der Waals surface area contributed by atoms with Crippen molar-refractivity contribution in [1.29, 1.82) is 0 Å². The van der Waals surface area contributed by atoms with Crippen molar-refractivity contribution in [3.05, 3.63) is 60.5 Å². The zero-order chi connectivity index (χ0) is 30.5. The van der Waals surface area contributed by atoms with E-state index in [1.807, 2.05) is 0 Å². The van der Waals surface area contributed by atoms with E-state index in [-0.39, 0.29) is 41.4 Å². The summed E-state index contributed by atoms with van der Waals surface area (Å²) in [5.74, 6) is -0.780. The molecule has 0 aliphatic carbocycles. The number of esters is 1. The maximum absolute atomic E-state index is 13.3. The van der Waals surface area contributed by atoms with E-state index in [1.165, 1.54) is 42.5 Å². The Hall–Kier alpha value is -3.87. The van der Waals surface area contributed by atoms with Crippen LogP contribution in [0.1, 0.15) is 25.8 Å². The van der Waals surface area contributed by atoms with Crippen molar-refractivity contribution < 1.29 is 42.5 Å². The first-order chi connectivity index (χ1) is 19.1. The Labute approximate surface area is 233 Å². The van der Waals surface area contributed by atoms with Gasteiger partial charge >= 0.3 is 5.97 Å². The number of aryl methyl sites for hydroxylation is 1. The second-order valence-electron chi connectivity index (χ2n) is 10.1. The molecular weight excluding hydrogens is 570 g/mol. The Morgan fingerprint density at radius 2 is 1.93 bits per heavy atom. The van der Waals surface area contributed by atoms with Gasteiger partial charge < -0.3 is 24.9 Å². The lowest BCUT2D eigenvalue weighted by Crippen LogP contribution is -2.36. The van der Waals surface area contributed by atoms with Gasteiger partial charge in [0, 0.05) is 36.1 Å². The molecule has 1 aromatic heterocycles. The molecule has 0 amide bonds. The smallest absolute Gasteiger partial charge is 0.315 e. The summed E-state index contributed by atoms with van der Waals surface area (Å²) in [4.78, 5) is 55.3. The fourth-order valence-electron chi connectivity index (χ4n) is 4.25. The Bertz CT molecular complexity index is 1480. The first kappa shape index (κ1) is 31.7. The quantitative estimate of drug-likeness (QED) is 0.175. The summed E-state index contributed by atoms with van der Waals surface area (Å²) in [6.45, 7) is 2.96. The maximum Gasteiger partial charge on any atom is 0.315 e. The highest BCUT2D eigenvalue weighted by molar-refractivity contribution is 7.89. The molecule has 0 bridgehead atoms. The lowest BCUT2D eigenvalue weighted by atomic mass is 9.95. The molecule has 18 heteroatoms. The van der Waals surface area contributed by atoms with Gasteiger partial charge in [0.05, 0.1) is 23.5 Å². The number of nitrogens with zero attached hydrogens (tertiary/aromatic N) is 4. The molecule has 1 aliphatic heterocycles. The van der Waals surface area contributed by atoms with E-state index in [2.05, 4.69) is 9.68 Å². The molecule has 1 aliphatic rings. The molecule has 1 unspecified atom stereocenters. The molecule has 0 saturated carbocycles. The summed E-state index contributed by atoms with van der Waals surface area (Å²) in [5, 5.41) is 19.0. The van der Waals surface area contributed by atoms with Crippen LogP contribution in [0.15, 0.2) is 34.1 Å². The van der Waals surface area contributed by atoms with Crippen LogP contribution in [-0.2, 0) is 40.7 Å². The number of benzene rings is 1. The number of nitrogens with two attached hydrogens (primary N) is 1. The first-order valence-electron chi connectivity index (χ1n) is 12.4. The summed E-state index contributed by atoms with van der Waals surface area (Å²) >= 11 is 0. The van der Waals surface area contributed by atoms with Gasteiger partial charge in [0.2, 0.25) is 10.0 Å². The van der Waals surface area contributed by atoms with Gasteiger partial charge in [-0.2, -0.15) is 4.31 Å². The van der Waals surface area contributed by atoms with E-state index >= 15 is 0 Å². The number of carbonyl (C=O) groups is 1. The molecule has 1 aromatic carbocycles. The largest absolute Gasteiger partial charge is 0.443 e. The molecule has 1 fully saturated rings. The number of hydrogen-bond donors (Lipinski definition) is 1. The van der Waals surface area contributed by atoms with Gasteiger partial charge in [0.15, 0.2) is 12.8 Å². The van der Waals surface area contributed by atoms with Gasteiger partial charge in [-0.3, -0.25) is 14.2 Å². The lowest BCUT2D eigenvalue weighted by Gasteiger charge is -2.24. The van der Waals surface area contributed by atoms with Crippen molar-refractivity contribution >= 4 is 26.8 Å². The summed E-state index contributed by atoms with van der Waals surface area (Å²) in [5.41, 5.74) is 4.48. The third kappa shape index (κ3) is 7.66. The van der Waals surface area contributed by atoms with E-state index in [0.717, 1.165) is 4.57 Å². The molecule has 2 heterocycles. The van der Waals surface area contributed by atoms with Crippen LogP contribution in [0, 0.1) is 32.6 Å². The zero-order valence-electron chi connectivity index (χ0n) is 22.6. The van der Waals surface area contributed by atoms with Crippen LogP contribution in [0.25, 0.3) is 10.8 Å². The van der Waals surface area contributed by atoms with Gasteiger partial charge in [-0.05, 0) is 44.9 Å². The summed E-state index contributed by atoms with van der Waals surface area (Å²) in [6, 6.07) is 4.13. The fraction of sp³-hybridized carbons (Fsp3) is 0.565. The number of aromatic nitrogens is 1. The fourth-order valence-corrected chi connectivity index (χ4v) is 6.04. The number of hydrogen-bond acceptors (Lipinski definition) is 13. The van der Waals surface area contributed by atoms with Crippen molar-refractivity contribution in [2.75, 3.05) is 32.9 Å². The number of ether oxygens (including phenoxy) is 2. The summed E-state index contributed by atoms with van der Waals surface area (Å²) < 4.78 is 39.7. The van der Waals surface area contributed by atoms with Crippen LogP contribution >= 0.6 is 0 Å². The van der Waals surface area contributed by atoms with Crippen molar-refractivity contribution in [3.8, 4) is 0 Å². The average molecular weight is 602 g/mol. The molecule has 3 rings (SSSR count). The molecule has 17 nitrogen and oxygen atoms in total. The maximum atomic E-state index is 13.3. The van der Waals surface area contributed by atoms with Gasteiger partial charge in [-0.1, -0.05) is 6.07 Å². The van der Waals surface area contributed by atoms with E-state index in [0.29, 0.717) is 12.0 Å². The summed E-state index contributed by atoms with van der Waals surface area (Å²) in [6.07, 6.45) is 0.508. The van der Waals surface area contributed by atoms with Crippen molar-refractivity contribution in [1.82, 2.24) is 8.87 Å². The van der Waals surface area contributed by atoms with Crippen LogP contribution in [0.4, 0.5) is 0 Å². The van der Waals surface area contributed by atoms with Crippen LogP contribution < -0.4 is 11.3 Å². The number of sulfonamides is 1. The minimum absolute atomic E-state index is 0.0101. The second-order valence-corrected chi connectivity index (χ2v) is 12.0. The molecular formula is C23H31N5O12S. The van der Waals surface area contributed by atoms with Crippen LogP contribution in [0.3, 0.4) is 0 Å². The van der Waals surface area contributed by atoms with Crippen LogP contribution in [-0.4, -0.2) is 78.5 Å². The number of rotatable bonds is 14. The standard InChI is InChI=1S/C23H31N5O12S/c1-15-9-25(14-38-22(30)23(2,3)13-37-11-17(40-28(33)34)12-39-27(31)32)21(29)18-5-4-6-19(20(15)18)41(35,36)26-8-7-16(24)10-26/h4-6,9,16-17H,7-8,10-14,24H2,1-3H3/t16-,17?/m0/s1. The lowest BCUT2D eigenvalue weighted by molar-refractivity contribution is -0.790. The highest BCUT2D eigenvalue weighted by atomic mass is 32.2. The van der Waals surface area contributed by atoms with Gasteiger partial charge in [-0.15, -0.1) is 20.2 Å². The Balaban J connectivity index is 1.71. The van der Waals surface area contributed by atoms with E-state index in [1.54, 1.807) is 6.92 Å². The Kier molecular flexibility index (Phi) is 9.85. The molecule has 1 saturated heterocycles. The average Bonchev–Trinajstić information content (AvgIpc) is 3.34. The second kappa shape index (κ2) is 12.8. The van der Waals surface area contributed by atoms with Crippen molar-refractivity contribution in [2.45, 2.75) is 51.0 Å².